The van der Waals surface area contributed by atoms with Gasteiger partial charge in [0.05, 0.1) is 12.6 Å². The lowest BCUT2D eigenvalue weighted by molar-refractivity contribution is 0.203. The zero-order chi connectivity index (χ0) is 9.68. The van der Waals surface area contributed by atoms with Crippen molar-refractivity contribution in [3.63, 3.8) is 0 Å². The first-order chi connectivity index (χ1) is 6.20. The molecule has 0 aromatic rings. The van der Waals surface area contributed by atoms with Gasteiger partial charge in [0.1, 0.15) is 0 Å². The van der Waals surface area contributed by atoms with Crippen molar-refractivity contribution >= 4 is 17.7 Å². The van der Waals surface area contributed by atoms with Crippen LogP contribution < -0.4 is 5.73 Å². The fraction of sp³-hybridized carbons (Fsp3) is 0.875. The van der Waals surface area contributed by atoms with E-state index >= 15 is 0 Å². The van der Waals surface area contributed by atoms with Crippen LogP contribution in [0.3, 0.4) is 0 Å². The molecule has 0 amide bonds. The molecule has 3 N–H and O–H groups in total. The molecular weight excluding hydrogens is 186 g/mol. The van der Waals surface area contributed by atoms with E-state index in [0.717, 1.165) is 24.6 Å². The van der Waals surface area contributed by atoms with Crippen molar-refractivity contribution in [3.8, 4) is 0 Å². The molecule has 13 heavy (non-hydrogen) atoms. The molecule has 1 aliphatic rings. The first-order valence-electron chi connectivity index (χ1n) is 4.51. The van der Waals surface area contributed by atoms with E-state index in [1.807, 2.05) is 11.8 Å². The van der Waals surface area contributed by atoms with Crippen molar-refractivity contribution in [1.82, 2.24) is 4.90 Å². The summed E-state index contributed by atoms with van der Waals surface area (Å²) in [7, 11) is 0. The summed E-state index contributed by atoms with van der Waals surface area (Å²) >= 11 is 1.94. The smallest absolute Gasteiger partial charge is 0.191 e. The first kappa shape index (κ1) is 10.7. The molecule has 0 aromatic carbocycles. The molecule has 5 heteroatoms. The second-order valence-corrected chi connectivity index (χ2v) is 4.37. The average molecular weight is 203 g/mol. The molecule has 4 nitrogen and oxygen atoms in total. The molecular formula is C8H17N3OS. The maximum absolute atomic E-state index is 9.01. The Bertz CT molecular complexity index is 178. The van der Waals surface area contributed by atoms with Gasteiger partial charge in [-0.1, -0.05) is 0 Å². The van der Waals surface area contributed by atoms with Crippen LogP contribution >= 0.6 is 11.8 Å². The van der Waals surface area contributed by atoms with Crippen LogP contribution in [0.2, 0.25) is 0 Å². The Morgan fingerprint density at radius 1 is 1.62 bits per heavy atom. The summed E-state index contributed by atoms with van der Waals surface area (Å²) in [5.74, 6) is 2.80. The third kappa shape index (κ3) is 3.87. The SMILES string of the molecule is CC(O)CN=C(N)N1CCSCC1. The summed E-state index contributed by atoms with van der Waals surface area (Å²) < 4.78 is 0. The monoisotopic (exact) mass is 203 g/mol. The number of nitrogens with two attached hydrogens (primary N) is 1. The van der Waals surface area contributed by atoms with Gasteiger partial charge in [0.15, 0.2) is 5.96 Å². The van der Waals surface area contributed by atoms with Crippen LogP contribution in [0.15, 0.2) is 4.99 Å². The third-order valence-electron chi connectivity index (χ3n) is 1.85. The number of thioether (sulfide) groups is 1. The molecule has 1 saturated heterocycles. The number of hydrogen-bond acceptors (Lipinski definition) is 3. The quantitative estimate of drug-likeness (QED) is 0.479. The summed E-state index contributed by atoms with van der Waals surface area (Å²) in [6.45, 7) is 4.05. The van der Waals surface area contributed by atoms with Crippen LogP contribution in [0.4, 0.5) is 0 Å². The lowest BCUT2D eigenvalue weighted by atomic mass is 10.4. The van der Waals surface area contributed by atoms with Crippen molar-refractivity contribution in [3.05, 3.63) is 0 Å². The van der Waals surface area contributed by atoms with Gasteiger partial charge in [0.25, 0.3) is 0 Å². The van der Waals surface area contributed by atoms with Gasteiger partial charge in [-0.2, -0.15) is 11.8 Å². The van der Waals surface area contributed by atoms with Crippen LogP contribution in [0.25, 0.3) is 0 Å². The second-order valence-electron chi connectivity index (χ2n) is 3.15. The highest BCUT2D eigenvalue weighted by molar-refractivity contribution is 7.99. The lowest BCUT2D eigenvalue weighted by Crippen LogP contribution is -2.43. The summed E-state index contributed by atoms with van der Waals surface area (Å²) in [5.41, 5.74) is 5.75. The molecule has 1 unspecified atom stereocenters. The van der Waals surface area contributed by atoms with E-state index in [4.69, 9.17) is 10.8 Å². The highest BCUT2D eigenvalue weighted by atomic mass is 32.2. The second kappa shape index (κ2) is 5.34. The average Bonchev–Trinajstić information content (AvgIpc) is 2.15. The normalized spacial score (nSPS) is 21.7. The van der Waals surface area contributed by atoms with Crippen LogP contribution in [0.5, 0.6) is 0 Å². The van der Waals surface area contributed by atoms with Gasteiger partial charge in [-0.05, 0) is 6.92 Å². The van der Waals surface area contributed by atoms with Crippen molar-refractivity contribution < 1.29 is 5.11 Å². The molecule has 76 valence electrons. The highest BCUT2D eigenvalue weighted by Crippen LogP contribution is 2.08. The summed E-state index contributed by atoms with van der Waals surface area (Å²) in [4.78, 5) is 6.18. The molecule has 0 spiro atoms. The van der Waals surface area contributed by atoms with Crippen molar-refractivity contribution in [1.29, 1.82) is 0 Å². The predicted molar refractivity (Wildman–Crippen MR) is 57.1 cm³/mol. The van der Waals surface area contributed by atoms with Crippen LogP contribution in [0.1, 0.15) is 6.92 Å². The number of guanidine groups is 1. The number of hydrogen-bond donors (Lipinski definition) is 2. The van der Waals surface area contributed by atoms with Gasteiger partial charge in [0, 0.05) is 24.6 Å². The van der Waals surface area contributed by atoms with E-state index in [1.54, 1.807) is 6.92 Å². The van der Waals surface area contributed by atoms with E-state index in [-0.39, 0.29) is 0 Å². The van der Waals surface area contributed by atoms with Crippen LogP contribution in [0, 0.1) is 0 Å². The Balaban J connectivity index is 2.35. The van der Waals surface area contributed by atoms with Gasteiger partial charge in [-0.3, -0.25) is 4.99 Å². The summed E-state index contributed by atoms with van der Waals surface area (Å²) in [6, 6.07) is 0. The van der Waals surface area contributed by atoms with E-state index in [9.17, 15) is 0 Å². The van der Waals surface area contributed by atoms with Gasteiger partial charge in [-0.15, -0.1) is 0 Å². The van der Waals surface area contributed by atoms with Gasteiger partial charge < -0.3 is 15.7 Å². The summed E-state index contributed by atoms with van der Waals surface area (Å²) in [5, 5.41) is 9.01. The number of aliphatic hydroxyl groups excluding tert-OH is 1. The lowest BCUT2D eigenvalue weighted by Gasteiger charge is -2.27. The van der Waals surface area contributed by atoms with Gasteiger partial charge in [-0.25, -0.2) is 0 Å². The summed E-state index contributed by atoms with van der Waals surface area (Å²) in [6.07, 6.45) is -0.405. The van der Waals surface area contributed by atoms with Crippen molar-refractivity contribution in [2.24, 2.45) is 10.7 Å². The van der Waals surface area contributed by atoms with Crippen molar-refractivity contribution in [2.75, 3.05) is 31.1 Å². The standard InChI is InChI=1S/C8H17N3OS/c1-7(12)6-10-8(9)11-2-4-13-5-3-11/h7,12H,2-6H2,1H3,(H2,9,10). The molecule has 0 radical (unpaired) electrons. The maximum Gasteiger partial charge on any atom is 0.191 e. The number of aliphatic imine (C=N–C) groups is 1. The maximum atomic E-state index is 9.01. The van der Waals surface area contributed by atoms with E-state index in [2.05, 4.69) is 9.89 Å². The largest absolute Gasteiger partial charge is 0.391 e. The molecule has 1 rings (SSSR count). The minimum Gasteiger partial charge on any atom is -0.391 e. The van der Waals surface area contributed by atoms with Crippen molar-refractivity contribution in [2.45, 2.75) is 13.0 Å². The number of rotatable bonds is 2. The molecule has 0 bridgehead atoms. The Morgan fingerprint density at radius 2 is 2.23 bits per heavy atom. The number of aliphatic hydroxyl groups is 1. The van der Waals surface area contributed by atoms with E-state index < -0.39 is 6.10 Å². The van der Waals surface area contributed by atoms with E-state index in [1.165, 1.54) is 0 Å². The fourth-order valence-corrected chi connectivity index (χ4v) is 2.02. The zero-order valence-corrected chi connectivity index (χ0v) is 8.76. The molecule has 1 aliphatic heterocycles. The van der Waals surface area contributed by atoms with Gasteiger partial charge in [0.2, 0.25) is 0 Å². The highest BCUT2D eigenvalue weighted by Gasteiger charge is 2.11. The van der Waals surface area contributed by atoms with Crippen LogP contribution in [-0.4, -0.2) is 53.2 Å². The molecule has 1 atom stereocenters. The third-order valence-corrected chi connectivity index (χ3v) is 2.80. The van der Waals surface area contributed by atoms with Crippen LogP contribution in [-0.2, 0) is 0 Å². The molecule has 1 heterocycles. The topological polar surface area (TPSA) is 61.9 Å². The zero-order valence-electron chi connectivity index (χ0n) is 7.94. The minimum absolute atomic E-state index is 0.398. The Morgan fingerprint density at radius 3 is 2.77 bits per heavy atom. The van der Waals surface area contributed by atoms with E-state index in [0.29, 0.717) is 12.5 Å². The predicted octanol–water partition coefficient (Wildman–Crippen LogP) is -0.269. The van der Waals surface area contributed by atoms with Gasteiger partial charge >= 0.3 is 0 Å². The minimum atomic E-state index is -0.405. The Labute approximate surface area is 83.2 Å². The Hall–Kier alpha value is -0.420. The fourth-order valence-electron chi connectivity index (χ4n) is 1.12. The Kier molecular flexibility index (Phi) is 4.38. The molecule has 0 saturated carbocycles. The number of nitrogens with zero attached hydrogens (tertiary/aromatic N) is 2. The first-order valence-corrected chi connectivity index (χ1v) is 5.66. The molecule has 0 aliphatic carbocycles. The molecule has 1 fully saturated rings. The molecule has 0 aromatic heterocycles.